The van der Waals surface area contributed by atoms with Crippen molar-refractivity contribution in [2.24, 2.45) is 0 Å². The minimum Gasteiger partial charge on any atom is -0.465 e. The highest BCUT2D eigenvalue weighted by Crippen LogP contribution is 2.33. The van der Waals surface area contributed by atoms with Gasteiger partial charge in [0.15, 0.2) is 0 Å². The van der Waals surface area contributed by atoms with Gasteiger partial charge in [0, 0.05) is 17.4 Å². The summed E-state index contributed by atoms with van der Waals surface area (Å²) >= 11 is 0. The van der Waals surface area contributed by atoms with Gasteiger partial charge in [-0.25, -0.2) is 9.59 Å². The van der Waals surface area contributed by atoms with Gasteiger partial charge in [0.25, 0.3) is 5.91 Å². The quantitative estimate of drug-likeness (QED) is 0.305. The molecule has 3 rings (SSSR count). The van der Waals surface area contributed by atoms with Crippen molar-refractivity contribution in [1.82, 2.24) is 10.2 Å². The van der Waals surface area contributed by atoms with Crippen LogP contribution < -0.4 is 10.6 Å². The SMILES string of the molecule is CCOC(=O)c1ccc(NC(=O)C(=O)NCc2ccc(/C=C3/C(=O)N(C(C)C)C(C)=C3C(=O)OC)o2)cc1. The second kappa shape index (κ2) is 12.0. The number of amides is 3. The maximum atomic E-state index is 13.0. The van der Waals surface area contributed by atoms with E-state index in [-0.39, 0.29) is 42.0 Å². The van der Waals surface area contributed by atoms with E-state index in [1.807, 2.05) is 13.8 Å². The van der Waals surface area contributed by atoms with Gasteiger partial charge in [-0.1, -0.05) is 0 Å². The smallest absolute Gasteiger partial charge is 0.340 e. The van der Waals surface area contributed by atoms with Crippen LogP contribution in [0, 0.1) is 0 Å². The second-order valence-corrected chi connectivity index (χ2v) is 8.52. The molecular weight excluding hydrogens is 494 g/mol. The van der Waals surface area contributed by atoms with E-state index >= 15 is 0 Å². The van der Waals surface area contributed by atoms with Crippen molar-refractivity contribution in [2.75, 3.05) is 19.0 Å². The number of rotatable bonds is 8. The molecule has 0 saturated heterocycles. The first-order valence-electron chi connectivity index (χ1n) is 11.9. The van der Waals surface area contributed by atoms with Crippen molar-refractivity contribution >= 4 is 41.4 Å². The minimum atomic E-state index is -0.906. The van der Waals surface area contributed by atoms with E-state index < -0.39 is 23.8 Å². The molecule has 38 heavy (non-hydrogen) atoms. The van der Waals surface area contributed by atoms with Crippen LogP contribution in [0.25, 0.3) is 6.08 Å². The Labute approximate surface area is 219 Å². The molecule has 0 saturated carbocycles. The van der Waals surface area contributed by atoms with Gasteiger partial charge in [0.05, 0.1) is 37.0 Å². The Balaban J connectivity index is 1.63. The Kier molecular flexibility index (Phi) is 8.85. The maximum Gasteiger partial charge on any atom is 0.340 e. The van der Waals surface area contributed by atoms with E-state index in [1.165, 1.54) is 42.4 Å². The van der Waals surface area contributed by atoms with Crippen LogP contribution in [0.3, 0.4) is 0 Å². The molecule has 1 aliphatic heterocycles. The third kappa shape index (κ3) is 6.17. The number of benzene rings is 1. The van der Waals surface area contributed by atoms with Crippen molar-refractivity contribution in [3.63, 3.8) is 0 Å². The van der Waals surface area contributed by atoms with Gasteiger partial charge in [-0.3, -0.25) is 14.4 Å². The van der Waals surface area contributed by atoms with E-state index in [2.05, 4.69) is 10.6 Å². The molecular formula is C27H29N3O8. The predicted octanol–water partition coefficient (Wildman–Crippen LogP) is 2.79. The molecule has 0 bridgehead atoms. The van der Waals surface area contributed by atoms with Crippen molar-refractivity contribution in [2.45, 2.75) is 40.3 Å². The summed E-state index contributed by atoms with van der Waals surface area (Å²) < 4.78 is 15.4. The number of furan rings is 1. The fraction of sp³-hybridized carbons (Fsp3) is 0.296. The van der Waals surface area contributed by atoms with Crippen LogP contribution in [-0.2, 0) is 35.2 Å². The summed E-state index contributed by atoms with van der Waals surface area (Å²) in [5.74, 6) is -2.68. The van der Waals surface area contributed by atoms with Crippen molar-refractivity contribution in [3.05, 3.63) is 70.3 Å². The Morgan fingerprint density at radius 1 is 1.03 bits per heavy atom. The van der Waals surface area contributed by atoms with Crippen LogP contribution >= 0.6 is 0 Å². The van der Waals surface area contributed by atoms with E-state index in [1.54, 1.807) is 26.0 Å². The summed E-state index contributed by atoms with van der Waals surface area (Å²) in [6, 6.07) is 8.89. The molecule has 2 aromatic rings. The molecule has 11 nitrogen and oxygen atoms in total. The largest absolute Gasteiger partial charge is 0.465 e. The van der Waals surface area contributed by atoms with Crippen LogP contribution in [-0.4, -0.2) is 54.3 Å². The molecule has 3 amide bonds. The lowest BCUT2D eigenvalue weighted by Crippen LogP contribution is -2.34. The monoisotopic (exact) mass is 523 g/mol. The zero-order valence-electron chi connectivity index (χ0n) is 21.7. The number of carbonyl (C=O) groups excluding carboxylic acids is 5. The molecule has 11 heteroatoms. The third-order valence-electron chi connectivity index (χ3n) is 5.60. The summed E-state index contributed by atoms with van der Waals surface area (Å²) in [4.78, 5) is 63.0. The number of carbonyl (C=O) groups is 5. The molecule has 2 N–H and O–H groups in total. The summed E-state index contributed by atoms with van der Waals surface area (Å²) in [5.41, 5.74) is 1.43. The minimum absolute atomic E-state index is 0.0952. The summed E-state index contributed by atoms with van der Waals surface area (Å²) in [5, 5.41) is 4.89. The average molecular weight is 524 g/mol. The Morgan fingerprint density at radius 2 is 1.71 bits per heavy atom. The van der Waals surface area contributed by atoms with Gasteiger partial charge in [0.2, 0.25) is 0 Å². The number of nitrogens with one attached hydrogen (secondary N) is 2. The predicted molar refractivity (Wildman–Crippen MR) is 136 cm³/mol. The number of hydrogen-bond donors (Lipinski definition) is 2. The van der Waals surface area contributed by atoms with Crippen LogP contribution in [0.5, 0.6) is 0 Å². The summed E-state index contributed by atoms with van der Waals surface area (Å²) in [7, 11) is 1.24. The number of esters is 2. The first kappa shape index (κ1) is 27.9. The van der Waals surface area contributed by atoms with Crippen LogP contribution in [0.2, 0.25) is 0 Å². The lowest BCUT2D eigenvalue weighted by molar-refractivity contribution is -0.136. The van der Waals surface area contributed by atoms with Gasteiger partial charge >= 0.3 is 23.8 Å². The number of hydrogen-bond acceptors (Lipinski definition) is 8. The van der Waals surface area contributed by atoms with Crippen LogP contribution in [0.4, 0.5) is 5.69 Å². The van der Waals surface area contributed by atoms with Gasteiger partial charge in [0.1, 0.15) is 11.5 Å². The average Bonchev–Trinajstić information content (AvgIpc) is 3.43. The highest BCUT2D eigenvalue weighted by atomic mass is 16.5. The number of ether oxygens (including phenoxy) is 2. The molecule has 2 heterocycles. The van der Waals surface area contributed by atoms with E-state index in [9.17, 15) is 24.0 Å². The van der Waals surface area contributed by atoms with Crippen molar-refractivity contribution < 1.29 is 37.9 Å². The number of methoxy groups -OCH3 is 1. The fourth-order valence-electron chi connectivity index (χ4n) is 3.87. The van der Waals surface area contributed by atoms with Gasteiger partial charge in [-0.15, -0.1) is 0 Å². The number of anilines is 1. The fourth-order valence-corrected chi connectivity index (χ4v) is 3.87. The Bertz CT molecular complexity index is 1320. The standard InChI is InChI=1S/C27H29N3O8/c1-6-37-26(34)17-7-9-18(10-8-17)29-24(32)23(31)28-14-20-12-11-19(38-20)13-21-22(27(35)36-5)16(4)30(15(2)3)25(21)33/h7-13,15H,6,14H2,1-5H3,(H,28,31)(H,29,32)/b21-13+. The summed E-state index contributed by atoms with van der Waals surface area (Å²) in [6.07, 6.45) is 1.44. The van der Waals surface area contributed by atoms with E-state index in [0.29, 0.717) is 22.7 Å². The summed E-state index contributed by atoms with van der Waals surface area (Å²) in [6.45, 7) is 7.19. The van der Waals surface area contributed by atoms with E-state index in [4.69, 9.17) is 13.9 Å². The lowest BCUT2D eigenvalue weighted by Gasteiger charge is -2.22. The molecule has 1 aromatic carbocycles. The van der Waals surface area contributed by atoms with Gasteiger partial charge in [-0.2, -0.15) is 0 Å². The zero-order chi connectivity index (χ0) is 28.0. The van der Waals surface area contributed by atoms with E-state index in [0.717, 1.165) is 0 Å². The van der Waals surface area contributed by atoms with Crippen LogP contribution in [0.15, 0.2) is 57.7 Å². The number of allylic oxidation sites excluding steroid dienone is 1. The topological polar surface area (TPSA) is 144 Å². The Morgan fingerprint density at radius 3 is 2.32 bits per heavy atom. The molecule has 200 valence electrons. The second-order valence-electron chi connectivity index (χ2n) is 8.52. The van der Waals surface area contributed by atoms with Crippen molar-refractivity contribution in [1.29, 1.82) is 0 Å². The van der Waals surface area contributed by atoms with Gasteiger partial charge < -0.3 is 29.4 Å². The zero-order valence-corrected chi connectivity index (χ0v) is 21.7. The molecule has 0 spiro atoms. The normalized spacial score (nSPS) is 14.2. The first-order valence-corrected chi connectivity index (χ1v) is 11.9. The lowest BCUT2D eigenvalue weighted by atomic mass is 10.1. The molecule has 0 fully saturated rings. The van der Waals surface area contributed by atoms with Crippen molar-refractivity contribution in [3.8, 4) is 0 Å². The van der Waals surface area contributed by atoms with Crippen LogP contribution in [0.1, 0.15) is 49.6 Å². The molecule has 0 unspecified atom stereocenters. The molecule has 0 radical (unpaired) electrons. The Hall–Kier alpha value is -4.67. The molecule has 1 aromatic heterocycles. The van der Waals surface area contributed by atoms with Gasteiger partial charge in [-0.05, 0) is 70.2 Å². The molecule has 0 atom stereocenters. The highest BCUT2D eigenvalue weighted by molar-refractivity contribution is 6.39. The first-order chi connectivity index (χ1) is 18.1. The maximum absolute atomic E-state index is 13.0. The third-order valence-corrected chi connectivity index (χ3v) is 5.60. The molecule has 1 aliphatic rings. The highest BCUT2D eigenvalue weighted by Gasteiger charge is 2.38. The number of nitrogens with zero attached hydrogens (tertiary/aromatic N) is 1. The molecule has 0 aliphatic carbocycles.